The molecule has 2 N–H and O–H groups in total. The maximum absolute atomic E-state index is 5.94. The van der Waals surface area contributed by atoms with Crippen LogP contribution in [0.3, 0.4) is 0 Å². The van der Waals surface area contributed by atoms with Crippen LogP contribution in [0.2, 0.25) is 0 Å². The lowest BCUT2D eigenvalue weighted by molar-refractivity contribution is 0.558. The number of hydrogen-bond acceptors (Lipinski definition) is 2. The van der Waals surface area contributed by atoms with E-state index in [9.17, 15) is 0 Å². The molecule has 3 aromatic rings. The number of nitrogen functional groups attached to an aromatic ring is 1. The van der Waals surface area contributed by atoms with Gasteiger partial charge in [0.25, 0.3) is 0 Å². The van der Waals surface area contributed by atoms with Crippen molar-refractivity contribution in [2.45, 2.75) is 13.3 Å². The zero-order chi connectivity index (χ0) is 13.4. The second-order valence-electron chi connectivity index (χ2n) is 4.49. The molecule has 0 fully saturated rings. The minimum atomic E-state index is 0.755. The number of benzene rings is 2. The molecule has 0 radical (unpaired) electrons. The fourth-order valence-corrected chi connectivity index (χ4v) is 2.82. The summed E-state index contributed by atoms with van der Waals surface area (Å²) in [7, 11) is 0. The fourth-order valence-electron chi connectivity index (χ4n) is 2.37. The second kappa shape index (κ2) is 4.74. The molecular formula is C16H14BrNO. The number of aryl methyl sites for hydroxylation is 1. The SMILES string of the molecule is CCc1oc2ccccc2c1-c1cc(N)ccc1Br. The lowest BCUT2D eigenvalue weighted by Crippen LogP contribution is -1.88. The Morgan fingerprint density at radius 3 is 2.74 bits per heavy atom. The number of furan rings is 1. The van der Waals surface area contributed by atoms with Crippen LogP contribution in [0.4, 0.5) is 5.69 Å². The van der Waals surface area contributed by atoms with Crippen LogP contribution >= 0.6 is 15.9 Å². The summed E-state index contributed by atoms with van der Waals surface area (Å²) in [5.41, 5.74) is 9.81. The van der Waals surface area contributed by atoms with Crippen molar-refractivity contribution in [2.24, 2.45) is 0 Å². The molecule has 0 amide bonds. The third-order valence-corrected chi connectivity index (χ3v) is 3.94. The zero-order valence-electron chi connectivity index (χ0n) is 10.6. The maximum Gasteiger partial charge on any atom is 0.134 e. The number of hydrogen-bond donors (Lipinski definition) is 1. The molecule has 0 saturated heterocycles. The number of halogens is 1. The van der Waals surface area contributed by atoms with Gasteiger partial charge in [-0.1, -0.05) is 41.1 Å². The molecule has 1 heterocycles. The molecule has 0 spiro atoms. The monoisotopic (exact) mass is 315 g/mol. The van der Waals surface area contributed by atoms with Crippen molar-refractivity contribution in [1.82, 2.24) is 0 Å². The summed E-state index contributed by atoms with van der Waals surface area (Å²) < 4.78 is 6.97. The normalized spacial score (nSPS) is 11.1. The van der Waals surface area contributed by atoms with Crippen molar-refractivity contribution in [3.05, 3.63) is 52.7 Å². The van der Waals surface area contributed by atoms with Crippen molar-refractivity contribution in [3.8, 4) is 11.1 Å². The minimum Gasteiger partial charge on any atom is -0.460 e. The molecule has 0 unspecified atom stereocenters. The average Bonchev–Trinajstić information content (AvgIpc) is 2.80. The van der Waals surface area contributed by atoms with E-state index in [0.29, 0.717) is 0 Å². The Morgan fingerprint density at radius 1 is 1.16 bits per heavy atom. The van der Waals surface area contributed by atoms with Gasteiger partial charge in [0.15, 0.2) is 0 Å². The summed E-state index contributed by atoms with van der Waals surface area (Å²) in [5.74, 6) is 0.993. The van der Waals surface area contributed by atoms with Crippen LogP contribution in [0.5, 0.6) is 0 Å². The summed E-state index contributed by atoms with van der Waals surface area (Å²) >= 11 is 3.60. The first-order valence-electron chi connectivity index (χ1n) is 6.26. The van der Waals surface area contributed by atoms with Gasteiger partial charge >= 0.3 is 0 Å². The van der Waals surface area contributed by atoms with E-state index in [0.717, 1.165) is 44.4 Å². The Morgan fingerprint density at radius 2 is 1.95 bits per heavy atom. The summed E-state index contributed by atoms with van der Waals surface area (Å²) in [6.07, 6.45) is 0.852. The number of para-hydroxylation sites is 1. The molecule has 3 heteroatoms. The van der Waals surface area contributed by atoms with Crippen LogP contribution < -0.4 is 5.73 Å². The van der Waals surface area contributed by atoms with E-state index in [4.69, 9.17) is 10.2 Å². The summed E-state index contributed by atoms with van der Waals surface area (Å²) in [6.45, 7) is 2.10. The van der Waals surface area contributed by atoms with E-state index in [1.54, 1.807) is 0 Å². The lowest BCUT2D eigenvalue weighted by atomic mass is 10.0. The molecule has 0 aliphatic heterocycles. The Balaban J connectivity index is 2.37. The Kier molecular flexibility index (Phi) is 3.07. The topological polar surface area (TPSA) is 39.2 Å². The molecule has 3 rings (SSSR count). The van der Waals surface area contributed by atoms with Crippen LogP contribution in [0, 0.1) is 0 Å². The van der Waals surface area contributed by atoms with Gasteiger partial charge in [0.05, 0.1) is 0 Å². The lowest BCUT2D eigenvalue weighted by Gasteiger charge is -2.06. The van der Waals surface area contributed by atoms with Gasteiger partial charge in [0, 0.05) is 33.1 Å². The molecule has 0 atom stereocenters. The van der Waals surface area contributed by atoms with E-state index in [1.165, 1.54) is 0 Å². The highest BCUT2D eigenvalue weighted by molar-refractivity contribution is 9.10. The van der Waals surface area contributed by atoms with Crippen LogP contribution in [0.25, 0.3) is 22.1 Å². The van der Waals surface area contributed by atoms with Gasteiger partial charge in [-0.25, -0.2) is 0 Å². The molecule has 0 bridgehead atoms. The van der Waals surface area contributed by atoms with E-state index < -0.39 is 0 Å². The van der Waals surface area contributed by atoms with Crippen LogP contribution in [-0.4, -0.2) is 0 Å². The Bertz CT molecular complexity index is 746. The van der Waals surface area contributed by atoms with Crippen molar-refractivity contribution in [3.63, 3.8) is 0 Å². The highest BCUT2D eigenvalue weighted by Gasteiger charge is 2.16. The predicted octanol–water partition coefficient (Wildman–Crippen LogP) is 5.01. The zero-order valence-corrected chi connectivity index (χ0v) is 12.2. The van der Waals surface area contributed by atoms with Gasteiger partial charge < -0.3 is 10.2 Å². The molecule has 19 heavy (non-hydrogen) atoms. The van der Waals surface area contributed by atoms with Crippen LogP contribution in [0.1, 0.15) is 12.7 Å². The van der Waals surface area contributed by atoms with Crippen LogP contribution in [-0.2, 0) is 6.42 Å². The van der Waals surface area contributed by atoms with Gasteiger partial charge in [-0.05, 0) is 24.3 Å². The first-order valence-corrected chi connectivity index (χ1v) is 7.05. The number of anilines is 1. The molecule has 0 saturated carbocycles. The van der Waals surface area contributed by atoms with Gasteiger partial charge in [-0.2, -0.15) is 0 Å². The van der Waals surface area contributed by atoms with Gasteiger partial charge in [0.2, 0.25) is 0 Å². The Hall–Kier alpha value is -1.74. The number of rotatable bonds is 2. The molecular weight excluding hydrogens is 302 g/mol. The van der Waals surface area contributed by atoms with E-state index >= 15 is 0 Å². The average molecular weight is 316 g/mol. The minimum absolute atomic E-state index is 0.755. The maximum atomic E-state index is 5.94. The molecule has 1 aromatic heterocycles. The number of nitrogens with two attached hydrogens (primary N) is 1. The van der Waals surface area contributed by atoms with E-state index in [1.807, 2.05) is 36.4 Å². The van der Waals surface area contributed by atoms with Gasteiger partial charge in [-0.3, -0.25) is 0 Å². The molecule has 2 nitrogen and oxygen atoms in total. The van der Waals surface area contributed by atoms with Crippen molar-refractivity contribution < 1.29 is 4.42 Å². The fraction of sp³-hybridized carbons (Fsp3) is 0.125. The van der Waals surface area contributed by atoms with Gasteiger partial charge in [-0.15, -0.1) is 0 Å². The molecule has 96 valence electrons. The molecule has 0 aliphatic carbocycles. The molecule has 0 aliphatic rings. The molecule has 2 aromatic carbocycles. The van der Waals surface area contributed by atoms with Crippen LogP contribution in [0.15, 0.2) is 51.4 Å². The largest absolute Gasteiger partial charge is 0.460 e. The summed E-state index contributed by atoms with van der Waals surface area (Å²) in [5, 5.41) is 1.13. The quantitative estimate of drug-likeness (QED) is 0.675. The van der Waals surface area contributed by atoms with Crippen molar-refractivity contribution in [1.29, 1.82) is 0 Å². The highest BCUT2D eigenvalue weighted by atomic mass is 79.9. The van der Waals surface area contributed by atoms with Crippen molar-refractivity contribution >= 4 is 32.6 Å². The highest BCUT2D eigenvalue weighted by Crippen LogP contribution is 2.39. The van der Waals surface area contributed by atoms with E-state index in [2.05, 4.69) is 28.9 Å². The van der Waals surface area contributed by atoms with Crippen molar-refractivity contribution in [2.75, 3.05) is 5.73 Å². The standard InChI is InChI=1S/C16H14BrNO/c1-2-14-16(11-5-3-4-6-15(11)19-14)12-9-10(18)7-8-13(12)17/h3-9H,2,18H2,1H3. The van der Waals surface area contributed by atoms with E-state index in [-0.39, 0.29) is 0 Å². The first-order chi connectivity index (χ1) is 9.20. The second-order valence-corrected chi connectivity index (χ2v) is 5.34. The third-order valence-electron chi connectivity index (χ3n) is 3.25. The first kappa shape index (κ1) is 12.3. The Labute approximate surface area is 120 Å². The predicted molar refractivity (Wildman–Crippen MR) is 83.1 cm³/mol. The number of fused-ring (bicyclic) bond motifs is 1. The van der Waals surface area contributed by atoms with Gasteiger partial charge in [0.1, 0.15) is 11.3 Å². The smallest absolute Gasteiger partial charge is 0.134 e. The summed E-state index contributed by atoms with van der Waals surface area (Å²) in [4.78, 5) is 0. The summed E-state index contributed by atoms with van der Waals surface area (Å²) in [6, 6.07) is 14.0. The third kappa shape index (κ3) is 2.04.